The number of Topliss-reactive ketones (excluding diaryl/α,β-unsaturated/α-hetero) is 1. The van der Waals surface area contributed by atoms with Crippen LogP contribution >= 0.6 is 0 Å². The number of carbonyl (C=O) groups is 1. The molecule has 2 nitrogen and oxygen atoms in total. The van der Waals surface area contributed by atoms with Crippen molar-refractivity contribution in [3.8, 4) is 0 Å². The van der Waals surface area contributed by atoms with Crippen molar-refractivity contribution in [1.29, 1.82) is 0 Å². The maximum Gasteiger partial charge on any atom is 0.149 e. The van der Waals surface area contributed by atoms with Gasteiger partial charge in [0.1, 0.15) is 5.78 Å². The fourth-order valence-corrected chi connectivity index (χ4v) is 1.06. The van der Waals surface area contributed by atoms with Gasteiger partial charge in [-0.25, -0.2) is 0 Å². The molecule has 0 aliphatic heterocycles. The Labute approximate surface area is 75.7 Å². The highest BCUT2D eigenvalue weighted by molar-refractivity contribution is 5.83. The van der Waals surface area contributed by atoms with E-state index in [9.17, 15) is 4.79 Å². The molecule has 12 heavy (non-hydrogen) atoms. The molecular weight excluding hydrogens is 150 g/mol. The van der Waals surface area contributed by atoms with Gasteiger partial charge in [-0.05, 0) is 26.3 Å². The van der Waals surface area contributed by atoms with Gasteiger partial charge in [0.15, 0.2) is 0 Å². The van der Waals surface area contributed by atoms with E-state index in [1.807, 2.05) is 14.0 Å². The fourth-order valence-electron chi connectivity index (χ4n) is 1.06. The van der Waals surface area contributed by atoms with E-state index in [0.29, 0.717) is 11.7 Å². The van der Waals surface area contributed by atoms with Crippen molar-refractivity contribution < 1.29 is 4.79 Å². The lowest BCUT2D eigenvalue weighted by molar-refractivity contribution is -0.120. The Morgan fingerprint density at radius 3 is 2.33 bits per heavy atom. The molecule has 0 heterocycles. The number of rotatable bonds is 6. The predicted molar refractivity (Wildman–Crippen MR) is 52.2 cm³/mol. The van der Waals surface area contributed by atoms with Crippen molar-refractivity contribution in [2.24, 2.45) is 5.92 Å². The fraction of sp³-hybridized carbons (Fsp3) is 0.900. The Balaban J connectivity index is 3.44. The second kappa shape index (κ2) is 6.18. The predicted octanol–water partition coefficient (Wildman–Crippen LogP) is 1.99. The van der Waals surface area contributed by atoms with Crippen molar-refractivity contribution >= 4 is 5.78 Å². The Bertz CT molecular complexity index is 132. The molecule has 0 aromatic heterocycles. The summed E-state index contributed by atoms with van der Waals surface area (Å²) in [5, 5.41) is 2.95. The van der Waals surface area contributed by atoms with Crippen LogP contribution in [0, 0.1) is 5.92 Å². The van der Waals surface area contributed by atoms with Crippen molar-refractivity contribution in [1.82, 2.24) is 5.32 Å². The number of nitrogens with one attached hydrogen (secondary N) is 1. The van der Waals surface area contributed by atoms with Crippen LogP contribution in [-0.2, 0) is 4.79 Å². The van der Waals surface area contributed by atoms with Crippen LogP contribution in [0.1, 0.15) is 40.0 Å². The second-order valence-electron chi connectivity index (χ2n) is 3.76. The maximum atomic E-state index is 11.3. The van der Waals surface area contributed by atoms with Crippen molar-refractivity contribution in [3.63, 3.8) is 0 Å². The monoisotopic (exact) mass is 171 g/mol. The van der Waals surface area contributed by atoms with E-state index in [0.717, 1.165) is 19.3 Å². The highest BCUT2D eigenvalue weighted by Gasteiger charge is 2.09. The van der Waals surface area contributed by atoms with Crippen LogP contribution in [-0.4, -0.2) is 18.9 Å². The molecule has 1 N–H and O–H groups in total. The molecule has 1 unspecified atom stereocenters. The molecule has 0 spiro atoms. The van der Waals surface area contributed by atoms with E-state index >= 15 is 0 Å². The lowest BCUT2D eigenvalue weighted by atomic mass is 10.0. The van der Waals surface area contributed by atoms with Crippen LogP contribution in [0.25, 0.3) is 0 Å². The first-order chi connectivity index (χ1) is 5.57. The first kappa shape index (κ1) is 11.6. The first-order valence-electron chi connectivity index (χ1n) is 4.78. The maximum absolute atomic E-state index is 11.3. The molecule has 0 saturated heterocycles. The summed E-state index contributed by atoms with van der Waals surface area (Å²) >= 11 is 0. The summed E-state index contributed by atoms with van der Waals surface area (Å²) in [7, 11) is 1.82. The van der Waals surface area contributed by atoms with Gasteiger partial charge in [0.2, 0.25) is 0 Å². The van der Waals surface area contributed by atoms with Gasteiger partial charge in [-0.2, -0.15) is 0 Å². The van der Waals surface area contributed by atoms with E-state index in [1.54, 1.807) is 0 Å². The quantitative estimate of drug-likeness (QED) is 0.662. The smallest absolute Gasteiger partial charge is 0.149 e. The van der Waals surface area contributed by atoms with Crippen LogP contribution in [0.5, 0.6) is 0 Å². The Morgan fingerprint density at radius 1 is 1.33 bits per heavy atom. The number of carbonyl (C=O) groups excluding carboxylic acids is 1. The molecule has 0 saturated carbocycles. The number of hydrogen-bond donors (Lipinski definition) is 1. The summed E-state index contributed by atoms with van der Waals surface area (Å²) in [6, 6.07) is 0.0252. The summed E-state index contributed by atoms with van der Waals surface area (Å²) in [6.45, 7) is 6.29. The van der Waals surface area contributed by atoms with E-state index in [-0.39, 0.29) is 6.04 Å². The van der Waals surface area contributed by atoms with Gasteiger partial charge in [-0.3, -0.25) is 4.79 Å². The van der Waals surface area contributed by atoms with E-state index < -0.39 is 0 Å². The largest absolute Gasteiger partial charge is 0.311 e. The Kier molecular flexibility index (Phi) is 5.99. The topological polar surface area (TPSA) is 29.1 Å². The summed E-state index contributed by atoms with van der Waals surface area (Å²) in [5.74, 6) is 1.04. The van der Waals surface area contributed by atoms with Gasteiger partial charge in [0, 0.05) is 6.42 Å². The third kappa shape index (κ3) is 5.30. The van der Waals surface area contributed by atoms with Gasteiger partial charge in [0.05, 0.1) is 6.04 Å². The number of ketones is 1. The summed E-state index contributed by atoms with van der Waals surface area (Å²) in [4.78, 5) is 11.3. The minimum Gasteiger partial charge on any atom is -0.311 e. The molecular formula is C10H21NO. The molecule has 0 aromatic carbocycles. The molecule has 0 rings (SSSR count). The molecule has 0 aliphatic carbocycles. The normalized spacial score (nSPS) is 13.4. The zero-order valence-electron chi connectivity index (χ0n) is 8.68. The standard InChI is InChI=1S/C10H21NO/c1-8(2)6-5-7-10(12)9(3)11-4/h8-9,11H,5-7H2,1-4H3. The molecule has 1 atom stereocenters. The molecule has 72 valence electrons. The molecule has 0 amide bonds. The van der Waals surface area contributed by atoms with E-state index in [1.165, 1.54) is 0 Å². The Hall–Kier alpha value is -0.370. The average Bonchev–Trinajstić information content (AvgIpc) is 2.02. The molecule has 0 aliphatic rings. The summed E-state index contributed by atoms with van der Waals surface area (Å²) in [6.07, 6.45) is 2.91. The van der Waals surface area contributed by atoms with Crippen LogP contribution in [0.2, 0.25) is 0 Å². The van der Waals surface area contributed by atoms with Gasteiger partial charge in [0.25, 0.3) is 0 Å². The lowest BCUT2D eigenvalue weighted by Crippen LogP contribution is -2.30. The van der Waals surface area contributed by atoms with Crippen molar-refractivity contribution in [2.75, 3.05) is 7.05 Å². The number of hydrogen-bond acceptors (Lipinski definition) is 2. The summed E-state index contributed by atoms with van der Waals surface area (Å²) < 4.78 is 0. The Morgan fingerprint density at radius 2 is 1.92 bits per heavy atom. The zero-order chi connectivity index (χ0) is 9.56. The van der Waals surface area contributed by atoms with Crippen molar-refractivity contribution in [3.05, 3.63) is 0 Å². The van der Waals surface area contributed by atoms with Gasteiger partial charge < -0.3 is 5.32 Å². The van der Waals surface area contributed by atoms with Crippen LogP contribution in [0.3, 0.4) is 0 Å². The third-order valence-corrected chi connectivity index (χ3v) is 2.12. The van der Waals surface area contributed by atoms with Crippen molar-refractivity contribution in [2.45, 2.75) is 46.1 Å². The van der Waals surface area contributed by atoms with Gasteiger partial charge in [-0.1, -0.05) is 20.3 Å². The third-order valence-electron chi connectivity index (χ3n) is 2.12. The van der Waals surface area contributed by atoms with Gasteiger partial charge in [-0.15, -0.1) is 0 Å². The average molecular weight is 171 g/mol. The number of likely N-dealkylation sites (N-methyl/N-ethyl adjacent to an activating group) is 1. The molecule has 0 aromatic rings. The van der Waals surface area contributed by atoms with Crippen LogP contribution in [0.15, 0.2) is 0 Å². The minimum atomic E-state index is 0.0252. The van der Waals surface area contributed by atoms with E-state index in [2.05, 4.69) is 19.2 Å². The SMILES string of the molecule is CNC(C)C(=O)CCCC(C)C. The molecule has 2 heteroatoms. The highest BCUT2D eigenvalue weighted by atomic mass is 16.1. The van der Waals surface area contributed by atoms with Gasteiger partial charge >= 0.3 is 0 Å². The van der Waals surface area contributed by atoms with Crippen LogP contribution in [0.4, 0.5) is 0 Å². The van der Waals surface area contributed by atoms with E-state index in [4.69, 9.17) is 0 Å². The molecule has 0 fully saturated rings. The van der Waals surface area contributed by atoms with Crippen LogP contribution < -0.4 is 5.32 Å². The molecule has 0 radical (unpaired) electrons. The highest BCUT2D eigenvalue weighted by Crippen LogP contribution is 2.07. The zero-order valence-corrected chi connectivity index (χ0v) is 8.68. The second-order valence-corrected chi connectivity index (χ2v) is 3.76. The first-order valence-corrected chi connectivity index (χ1v) is 4.78. The summed E-state index contributed by atoms with van der Waals surface area (Å²) in [5.41, 5.74) is 0. The minimum absolute atomic E-state index is 0.0252. The molecule has 0 bridgehead atoms. The lowest BCUT2D eigenvalue weighted by Gasteiger charge is -2.09.